The van der Waals surface area contributed by atoms with Gasteiger partial charge >= 0.3 is 0 Å². The van der Waals surface area contributed by atoms with Crippen molar-refractivity contribution in [3.05, 3.63) is 0 Å². The van der Waals surface area contributed by atoms with Crippen LogP contribution in [0.5, 0.6) is 0 Å². The van der Waals surface area contributed by atoms with E-state index >= 15 is 0 Å². The van der Waals surface area contributed by atoms with Crippen molar-refractivity contribution >= 4 is 50.5 Å². The second kappa shape index (κ2) is 5.98. The van der Waals surface area contributed by atoms with E-state index in [1.54, 1.807) is 0 Å². The van der Waals surface area contributed by atoms with Crippen LogP contribution in [-0.4, -0.2) is 22.0 Å². The maximum atomic E-state index is 4.50. The molecule has 0 bridgehead atoms. The molecule has 0 amide bonds. The summed E-state index contributed by atoms with van der Waals surface area (Å²) in [4.78, 5) is 0. The first kappa shape index (κ1) is 11.4. The van der Waals surface area contributed by atoms with Crippen LogP contribution < -0.4 is 0 Å². The lowest BCUT2D eigenvalue weighted by Gasteiger charge is -2.24. The summed E-state index contributed by atoms with van der Waals surface area (Å²) in [6.07, 6.45) is 2.01. The molecule has 0 spiro atoms. The summed E-state index contributed by atoms with van der Waals surface area (Å²) in [6.45, 7) is 0. The zero-order valence-corrected chi connectivity index (χ0v) is 9.40. The molecule has 0 rings (SSSR count). The van der Waals surface area contributed by atoms with E-state index in [0.29, 0.717) is 0 Å². The van der Waals surface area contributed by atoms with Gasteiger partial charge in [0.1, 0.15) is 0 Å². The Hall–Kier alpha value is 1.40. The molecule has 0 atom stereocenters. The zero-order valence-electron chi connectivity index (χ0n) is 5.82. The third-order valence-electron chi connectivity index (χ3n) is 1.45. The highest BCUT2D eigenvalue weighted by atomic mass is 32.1. The molecule has 0 radical (unpaired) electrons. The topological polar surface area (TPSA) is 0 Å². The van der Waals surface area contributed by atoms with Crippen LogP contribution in [0.4, 0.5) is 0 Å². The minimum atomic E-state index is 0.0482. The lowest BCUT2D eigenvalue weighted by Crippen LogP contribution is -2.25. The van der Waals surface area contributed by atoms with Crippen molar-refractivity contribution in [1.82, 2.24) is 0 Å². The maximum absolute atomic E-state index is 4.50. The lowest BCUT2D eigenvalue weighted by atomic mass is 10.1. The molecule has 0 aliphatic heterocycles. The van der Waals surface area contributed by atoms with Crippen molar-refractivity contribution in [2.24, 2.45) is 0 Å². The fourth-order valence-corrected chi connectivity index (χ4v) is 2.45. The molecule has 0 saturated carbocycles. The van der Waals surface area contributed by atoms with Gasteiger partial charge in [0.2, 0.25) is 0 Å². The van der Waals surface area contributed by atoms with E-state index in [4.69, 9.17) is 0 Å². The van der Waals surface area contributed by atoms with Gasteiger partial charge in [-0.2, -0.15) is 50.5 Å². The number of hydrogen-bond donors (Lipinski definition) is 4. The molecule has 0 nitrogen and oxygen atoms in total. The number of hydrogen-bond acceptors (Lipinski definition) is 4. The Morgan fingerprint density at radius 3 is 1.50 bits per heavy atom. The summed E-state index contributed by atoms with van der Waals surface area (Å²) in [5, 5.41) is 0. The van der Waals surface area contributed by atoms with E-state index in [2.05, 4.69) is 50.5 Å². The molecule has 0 aromatic rings. The number of thiol groups is 4. The van der Waals surface area contributed by atoms with Gasteiger partial charge < -0.3 is 0 Å². The van der Waals surface area contributed by atoms with Gasteiger partial charge in [-0.05, 0) is 24.3 Å². The van der Waals surface area contributed by atoms with E-state index in [1.165, 1.54) is 0 Å². The Bertz CT molecular complexity index is 77.8. The molecular formula is C6H14S4. The normalized spacial score (nSPS) is 12.0. The fraction of sp³-hybridized carbons (Fsp3) is 1.00. The third kappa shape index (κ3) is 4.31. The first-order valence-corrected chi connectivity index (χ1v) is 5.58. The zero-order chi connectivity index (χ0) is 8.04. The predicted octanol–water partition coefficient (Wildman–Crippen LogP) is 2.22. The van der Waals surface area contributed by atoms with Crippen LogP contribution in [0.3, 0.4) is 0 Å². The molecule has 62 valence electrons. The van der Waals surface area contributed by atoms with Crippen LogP contribution in [0.15, 0.2) is 0 Å². The van der Waals surface area contributed by atoms with Crippen molar-refractivity contribution in [2.45, 2.75) is 17.6 Å². The minimum Gasteiger partial charge on any atom is -0.179 e. The first-order valence-electron chi connectivity index (χ1n) is 3.23. The van der Waals surface area contributed by atoms with E-state index in [1.807, 2.05) is 0 Å². The second-order valence-corrected chi connectivity index (χ2v) is 4.49. The van der Waals surface area contributed by atoms with Gasteiger partial charge in [-0.15, -0.1) is 0 Å². The van der Waals surface area contributed by atoms with Crippen LogP contribution in [0.25, 0.3) is 0 Å². The lowest BCUT2D eigenvalue weighted by molar-refractivity contribution is 0.627. The minimum absolute atomic E-state index is 0.0482. The van der Waals surface area contributed by atoms with Crippen LogP contribution in [0.1, 0.15) is 12.8 Å². The molecule has 0 unspecified atom stereocenters. The van der Waals surface area contributed by atoms with Crippen LogP contribution in [0.2, 0.25) is 0 Å². The van der Waals surface area contributed by atoms with Crippen molar-refractivity contribution in [3.8, 4) is 0 Å². The summed E-state index contributed by atoms with van der Waals surface area (Å²) in [5.74, 6) is 2.55. The fourth-order valence-electron chi connectivity index (χ4n) is 0.699. The largest absolute Gasteiger partial charge is 0.179 e. The Kier molecular flexibility index (Phi) is 6.81. The van der Waals surface area contributed by atoms with Crippen molar-refractivity contribution < 1.29 is 0 Å². The Morgan fingerprint density at radius 1 is 0.900 bits per heavy atom. The smallest absolute Gasteiger partial charge is 0.0233 e. The highest BCUT2D eigenvalue weighted by Crippen LogP contribution is 2.25. The van der Waals surface area contributed by atoms with Gasteiger partial charge in [-0.25, -0.2) is 0 Å². The van der Waals surface area contributed by atoms with Crippen LogP contribution >= 0.6 is 50.5 Å². The summed E-state index contributed by atoms with van der Waals surface area (Å²) < 4.78 is 0.0482. The van der Waals surface area contributed by atoms with Gasteiger partial charge in [0.25, 0.3) is 0 Å². The molecular weight excluding hydrogens is 200 g/mol. The van der Waals surface area contributed by atoms with Gasteiger partial charge in [-0.1, -0.05) is 0 Å². The second-order valence-electron chi connectivity index (χ2n) is 2.33. The Balaban J connectivity index is 3.69. The third-order valence-corrected chi connectivity index (χ3v) is 3.36. The highest BCUT2D eigenvalue weighted by Gasteiger charge is 2.21. The van der Waals surface area contributed by atoms with E-state index in [9.17, 15) is 0 Å². The first-order chi connectivity index (χ1) is 4.68. The van der Waals surface area contributed by atoms with Gasteiger partial charge in [-0.3, -0.25) is 0 Å². The van der Waals surface area contributed by atoms with Gasteiger partial charge in [0.15, 0.2) is 0 Å². The molecule has 0 aromatic carbocycles. The summed E-state index contributed by atoms with van der Waals surface area (Å²) >= 11 is 17.0. The van der Waals surface area contributed by atoms with E-state index in [0.717, 1.165) is 30.1 Å². The Morgan fingerprint density at radius 2 is 1.30 bits per heavy atom. The van der Waals surface area contributed by atoms with E-state index in [-0.39, 0.29) is 4.75 Å². The molecule has 0 aromatic heterocycles. The van der Waals surface area contributed by atoms with Gasteiger partial charge in [0, 0.05) is 10.5 Å². The SMILES string of the molecule is SCCC(S)(CS)CCS. The average Bonchev–Trinajstić information content (AvgIpc) is 1.89. The molecule has 0 aliphatic rings. The van der Waals surface area contributed by atoms with Crippen LogP contribution in [0, 0.1) is 0 Å². The molecule has 0 heterocycles. The van der Waals surface area contributed by atoms with Crippen molar-refractivity contribution in [1.29, 1.82) is 0 Å². The highest BCUT2D eigenvalue weighted by molar-refractivity contribution is 7.85. The molecule has 0 N–H and O–H groups in total. The summed E-state index contributed by atoms with van der Waals surface area (Å²) in [7, 11) is 0. The van der Waals surface area contributed by atoms with E-state index < -0.39 is 0 Å². The molecule has 0 saturated heterocycles. The van der Waals surface area contributed by atoms with Crippen LogP contribution in [-0.2, 0) is 0 Å². The molecule has 4 heteroatoms. The van der Waals surface area contributed by atoms with Crippen molar-refractivity contribution in [3.63, 3.8) is 0 Å². The standard InChI is InChI=1S/C6H14S4/c7-3-1-6(10,5-9)2-4-8/h7-10H,1-5H2. The monoisotopic (exact) mass is 214 g/mol. The molecule has 10 heavy (non-hydrogen) atoms. The maximum Gasteiger partial charge on any atom is 0.0233 e. The molecule has 0 aliphatic carbocycles. The Labute approximate surface area is 85.2 Å². The quantitative estimate of drug-likeness (QED) is 0.496. The average molecular weight is 214 g/mol. The summed E-state index contributed by atoms with van der Waals surface area (Å²) in [5.41, 5.74) is 0. The molecule has 0 fully saturated rings. The summed E-state index contributed by atoms with van der Waals surface area (Å²) in [6, 6.07) is 0. The van der Waals surface area contributed by atoms with Gasteiger partial charge in [0.05, 0.1) is 0 Å². The van der Waals surface area contributed by atoms with Crippen molar-refractivity contribution in [2.75, 3.05) is 17.3 Å². The number of rotatable bonds is 5. The predicted molar refractivity (Wildman–Crippen MR) is 62.5 cm³/mol.